The second-order valence-electron chi connectivity index (χ2n) is 10.1. The maximum Gasteiger partial charge on any atom is 0.222 e. The molecule has 3 heteroatoms. The molecule has 4 fully saturated rings. The fourth-order valence-corrected chi connectivity index (χ4v) is 6.24. The van der Waals surface area contributed by atoms with Crippen LogP contribution in [0, 0.1) is 23.2 Å². The van der Waals surface area contributed by atoms with Crippen LogP contribution in [0.1, 0.15) is 85.0 Å². The monoisotopic (exact) mass is 334 g/mol. The van der Waals surface area contributed by atoms with Gasteiger partial charge in [-0.15, -0.1) is 0 Å². The maximum absolute atomic E-state index is 12.7. The van der Waals surface area contributed by atoms with Crippen LogP contribution in [0.25, 0.3) is 0 Å². The Morgan fingerprint density at radius 1 is 1.12 bits per heavy atom. The molecule has 4 rings (SSSR count). The molecule has 0 radical (unpaired) electrons. The van der Waals surface area contributed by atoms with E-state index in [0.717, 1.165) is 37.1 Å². The molecule has 0 aliphatic heterocycles. The van der Waals surface area contributed by atoms with E-state index in [4.69, 9.17) is 5.73 Å². The van der Waals surface area contributed by atoms with E-state index in [9.17, 15) is 4.79 Å². The molecule has 3 nitrogen and oxygen atoms in total. The molecule has 2 N–H and O–H groups in total. The first-order chi connectivity index (χ1) is 11.3. The van der Waals surface area contributed by atoms with Crippen molar-refractivity contribution in [3.63, 3.8) is 0 Å². The van der Waals surface area contributed by atoms with E-state index in [1.807, 2.05) is 13.8 Å². The lowest BCUT2D eigenvalue weighted by Gasteiger charge is -2.57. The molecule has 0 unspecified atom stereocenters. The van der Waals surface area contributed by atoms with Gasteiger partial charge in [0.25, 0.3) is 0 Å². The fraction of sp³-hybridized carbons (Fsp3) is 0.952. The Labute approximate surface area is 148 Å². The number of amides is 1. The van der Waals surface area contributed by atoms with E-state index in [2.05, 4.69) is 11.8 Å². The molecule has 0 aromatic heterocycles. The average Bonchev–Trinajstić information content (AvgIpc) is 2.46. The summed E-state index contributed by atoms with van der Waals surface area (Å²) in [6.07, 6.45) is 12.8. The molecule has 0 aromatic carbocycles. The van der Waals surface area contributed by atoms with Crippen LogP contribution >= 0.6 is 0 Å². The predicted octanol–water partition coefficient (Wildman–Crippen LogP) is 4.35. The second kappa shape index (κ2) is 6.97. The molecule has 0 saturated heterocycles. The number of rotatable bonds is 8. The molecule has 1 amide bonds. The van der Waals surface area contributed by atoms with Gasteiger partial charge in [0.2, 0.25) is 5.91 Å². The number of unbranched alkanes of at least 4 members (excludes halogenated alkanes) is 1. The summed E-state index contributed by atoms with van der Waals surface area (Å²) in [5.74, 6) is 3.30. The summed E-state index contributed by atoms with van der Waals surface area (Å²) in [6, 6.07) is 0. The topological polar surface area (TPSA) is 46.3 Å². The molecule has 0 spiro atoms. The molecule has 138 valence electrons. The maximum atomic E-state index is 12.7. The SMILES string of the molecule is CCCCC(=O)N(CCC12CC3CC(CC(C3)C1)C2)CC(C)(C)N. The molecule has 0 aromatic rings. The first-order valence-electron chi connectivity index (χ1n) is 10.4. The molecule has 24 heavy (non-hydrogen) atoms. The number of carbonyl (C=O) groups is 1. The zero-order valence-corrected chi connectivity index (χ0v) is 16.2. The number of nitrogens with two attached hydrogens (primary N) is 1. The zero-order chi connectivity index (χ0) is 17.4. The summed E-state index contributed by atoms with van der Waals surface area (Å²) in [5.41, 5.74) is 6.50. The second-order valence-corrected chi connectivity index (χ2v) is 10.1. The van der Waals surface area contributed by atoms with E-state index < -0.39 is 0 Å². The summed E-state index contributed by atoms with van der Waals surface area (Å²) in [5, 5.41) is 0. The van der Waals surface area contributed by atoms with Crippen LogP contribution in [0.2, 0.25) is 0 Å². The van der Waals surface area contributed by atoms with Gasteiger partial charge in [-0.1, -0.05) is 13.3 Å². The summed E-state index contributed by atoms with van der Waals surface area (Å²) in [6.45, 7) is 7.85. The molecular weight excluding hydrogens is 296 g/mol. The molecule has 0 atom stereocenters. The van der Waals surface area contributed by atoms with Gasteiger partial charge in [-0.3, -0.25) is 4.79 Å². The highest BCUT2D eigenvalue weighted by Gasteiger charge is 2.50. The third-order valence-corrected chi connectivity index (χ3v) is 6.77. The Balaban J connectivity index is 1.61. The third kappa shape index (κ3) is 4.33. The van der Waals surface area contributed by atoms with Crippen molar-refractivity contribution in [2.45, 2.75) is 90.5 Å². The highest BCUT2D eigenvalue weighted by molar-refractivity contribution is 5.76. The first-order valence-corrected chi connectivity index (χ1v) is 10.4. The van der Waals surface area contributed by atoms with E-state index in [0.29, 0.717) is 24.3 Å². The van der Waals surface area contributed by atoms with Gasteiger partial charge >= 0.3 is 0 Å². The van der Waals surface area contributed by atoms with E-state index in [1.54, 1.807) is 0 Å². The van der Waals surface area contributed by atoms with Gasteiger partial charge in [-0.2, -0.15) is 0 Å². The Kier molecular flexibility index (Phi) is 5.30. The van der Waals surface area contributed by atoms with Crippen molar-refractivity contribution in [1.82, 2.24) is 4.90 Å². The highest BCUT2D eigenvalue weighted by atomic mass is 16.2. The van der Waals surface area contributed by atoms with Crippen LogP contribution in [0.15, 0.2) is 0 Å². The largest absolute Gasteiger partial charge is 0.341 e. The van der Waals surface area contributed by atoms with Crippen LogP contribution in [0.5, 0.6) is 0 Å². The molecule has 4 saturated carbocycles. The van der Waals surface area contributed by atoms with E-state index in [1.165, 1.54) is 44.9 Å². The predicted molar refractivity (Wildman–Crippen MR) is 99.6 cm³/mol. The van der Waals surface area contributed by atoms with Crippen LogP contribution < -0.4 is 5.73 Å². The average molecular weight is 335 g/mol. The van der Waals surface area contributed by atoms with Gasteiger partial charge in [0.15, 0.2) is 0 Å². The van der Waals surface area contributed by atoms with Crippen molar-refractivity contribution in [2.75, 3.05) is 13.1 Å². The number of nitrogens with zero attached hydrogens (tertiary/aromatic N) is 1. The lowest BCUT2D eigenvalue weighted by atomic mass is 9.49. The van der Waals surface area contributed by atoms with Crippen molar-refractivity contribution < 1.29 is 4.79 Å². The van der Waals surface area contributed by atoms with Crippen molar-refractivity contribution in [2.24, 2.45) is 28.9 Å². The quantitative estimate of drug-likeness (QED) is 0.717. The Bertz CT molecular complexity index is 416. The highest BCUT2D eigenvalue weighted by Crippen LogP contribution is 2.61. The van der Waals surface area contributed by atoms with Gasteiger partial charge in [0.1, 0.15) is 0 Å². The van der Waals surface area contributed by atoms with Gasteiger partial charge in [0.05, 0.1) is 0 Å². The summed E-state index contributed by atoms with van der Waals surface area (Å²) >= 11 is 0. The number of hydrogen-bond donors (Lipinski definition) is 1. The fourth-order valence-electron chi connectivity index (χ4n) is 6.24. The summed E-state index contributed by atoms with van der Waals surface area (Å²) in [4.78, 5) is 14.8. The third-order valence-electron chi connectivity index (χ3n) is 6.77. The van der Waals surface area contributed by atoms with Crippen molar-refractivity contribution in [3.05, 3.63) is 0 Å². The Hall–Kier alpha value is -0.570. The van der Waals surface area contributed by atoms with Gasteiger partial charge < -0.3 is 10.6 Å². The van der Waals surface area contributed by atoms with Crippen molar-refractivity contribution >= 4 is 5.91 Å². The minimum absolute atomic E-state index is 0.302. The Morgan fingerprint density at radius 2 is 1.67 bits per heavy atom. The van der Waals surface area contributed by atoms with Crippen LogP contribution in [0.4, 0.5) is 0 Å². The molecule has 4 aliphatic carbocycles. The first kappa shape index (κ1) is 18.2. The van der Waals surface area contributed by atoms with Crippen molar-refractivity contribution in [1.29, 1.82) is 0 Å². The molecular formula is C21H38N2O. The van der Waals surface area contributed by atoms with Gasteiger partial charge in [0, 0.05) is 25.0 Å². The van der Waals surface area contributed by atoms with E-state index >= 15 is 0 Å². The Morgan fingerprint density at radius 3 is 2.12 bits per heavy atom. The van der Waals surface area contributed by atoms with E-state index in [-0.39, 0.29) is 5.54 Å². The van der Waals surface area contributed by atoms with Gasteiger partial charge in [-0.25, -0.2) is 0 Å². The lowest BCUT2D eigenvalue weighted by Crippen LogP contribution is -2.50. The summed E-state index contributed by atoms with van der Waals surface area (Å²) < 4.78 is 0. The van der Waals surface area contributed by atoms with Crippen LogP contribution in [-0.2, 0) is 4.79 Å². The molecule has 4 aliphatic rings. The molecule has 4 bridgehead atoms. The van der Waals surface area contributed by atoms with Crippen LogP contribution in [-0.4, -0.2) is 29.4 Å². The molecule has 0 heterocycles. The normalized spacial score (nSPS) is 34.6. The minimum atomic E-state index is -0.302. The number of hydrogen-bond acceptors (Lipinski definition) is 2. The zero-order valence-electron chi connectivity index (χ0n) is 16.2. The van der Waals surface area contributed by atoms with Crippen LogP contribution in [0.3, 0.4) is 0 Å². The minimum Gasteiger partial charge on any atom is -0.341 e. The smallest absolute Gasteiger partial charge is 0.222 e. The lowest BCUT2D eigenvalue weighted by molar-refractivity contribution is -0.133. The van der Waals surface area contributed by atoms with Gasteiger partial charge in [-0.05, 0) is 88.4 Å². The van der Waals surface area contributed by atoms with Crippen molar-refractivity contribution in [3.8, 4) is 0 Å². The summed E-state index contributed by atoms with van der Waals surface area (Å²) in [7, 11) is 0. The number of carbonyl (C=O) groups excluding carboxylic acids is 1. The standard InChI is InChI=1S/C21H38N2O/c1-4-5-6-19(24)23(15-20(2,3)22)8-7-21-12-16-9-17(13-21)11-18(10-16)14-21/h16-18H,4-15,22H2,1-3H3.